The van der Waals surface area contributed by atoms with Crippen molar-refractivity contribution in [3.8, 4) is 17.0 Å². The summed E-state index contributed by atoms with van der Waals surface area (Å²) >= 11 is 1.35. The van der Waals surface area contributed by atoms with E-state index in [4.69, 9.17) is 10.5 Å². The summed E-state index contributed by atoms with van der Waals surface area (Å²) in [5, 5.41) is 5.18. The zero-order valence-corrected chi connectivity index (χ0v) is 15.8. The monoisotopic (exact) mass is 381 g/mol. The highest BCUT2D eigenvalue weighted by Crippen LogP contribution is 2.29. The summed E-state index contributed by atoms with van der Waals surface area (Å²) in [5.74, 6) is -0.680. The molecule has 138 valence electrons. The van der Waals surface area contributed by atoms with Crippen molar-refractivity contribution < 1.29 is 14.3 Å². The number of anilines is 1. The molecule has 3 aromatic rings. The lowest BCUT2D eigenvalue weighted by molar-refractivity contribution is -0.119. The number of rotatable bonds is 6. The van der Waals surface area contributed by atoms with Gasteiger partial charge in [0.2, 0.25) is 0 Å². The Balaban J connectivity index is 1.79. The minimum atomic E-state index is -0.608. The van der Waals surface area contributed by atoms with Crippen LogP contribution in [-0.4, -0.2) is 23.4 Å². The first-order chi connectivity index (χ1) is 12.9. The molecule has 0 aliphatic carbocycles. The van der Waals surface area contributed by atoms with Gasteiger partial charge in [0.15, 0.2) is 11.7 Å². The van der Waals surface area contributed by atoms with Crippen molar-refractivity contribution in [1.82, 2.24) is 4.98 Å². The third-order valence-corrected chi connectivity index (χ3v) is 4.65. The number of hydrogen-bond acceptors (Lipinski definition) is 5. The maximum Gasteiger partial charge on any atom is 0.261 e. The number of nitrogens with zero attached hydrogens (tertiary/aromatic N) is 1. The fraction of sp³-hybridized carbons (Fsp3) is 0.150. The van der Waals surface area contributed by atoms with E-state index in [-0.39, 0.29) is 12.5 Å². The van der Waals surface area contributed by atoms with Gasteiger partial charge in [0, 0.05) is 10.9 Å². The van der Waals surface area contributed by atoms with E-state index in [0.29, 0.717) is 16.4 Å². The Labute approximate surface area is 161 Å². The van der Waals surface area contributed by atoms with E-state index in [1.165, 1.54) is 11.3 Å². The van der Waals surface area contributed by atoms with Gasteiger partial charge in [0.05, 0.1) is 11.3 Å². The van der Waals surface area contributed by atoms with Gasteiger partial charge in [-0.3, -0.25) is 14.9 Å². The molecule has 0 aliphatic rings. The minimum absolute atomic E-state index is 0.292. The fourth-order valence-electron chi connectivity index (χ4n) is 2.56. The Morgan fingerprint density at radius 3 is 2.74 bits per heavy atom. The SMILES string of the molecule is Cc1ccc(C)c(-c2csc(NC(=O)c3ccccc3OCC(N)=O)n2)c1. The van der Waals surface area contributed by atoms with Crippen molar-refractivity contribution in [1.29, 1.82) is 0 Å². The molecule has 0 radical (unpaired) electrons. The summed E-state index contributed by atoms with van der Waals surface area (Å²) < 4.78 is 5.31. The molecule has 0 spiro atoms. The molecule has 0 atom stereocenters. The number of aryl methyl sites for hydroxylation is 2. The molecule has 1 heterocycles. The van der Waals surface area contributed by atoms with E-state index < -0.39 is 5.91 Å². The zero-order chi connectivity index (χ0) is 19.4. The standard InChI is InChI=1S/C20H19N3O3S/c1-12-7-8-13(2)15(9-12)16-11-27-20(22-16)23-19(25)14-5-3-4-6-17(14)26-10-18(21)24/h3-9,11H,10H2,1-2H3,(H2,21,24)(H,22,23,25). The van der Waals surface area contributed by atoms with Gasteiger partial charge in [-0.1, -0.05) is 29.8 Å². The van der Waals surface area contributed by atoms with Gasteiger partial charge < -0.3 is 10.5 Å². The summed E-state index contributed by atoms with van der Waals surface area (Å²) in [4.78, 5) is 28.1. The van der Waals surface area contributed by atoms with Gasteiger partial charge in [-0.15, -0.1) is 11.3 Å². The molecule has 6 nitrogen and oxygen atoms in total. The Morgan fingerprint density at radius 1 is 1.19 bits per heavy atom. The second kappa shape index (κ2) is 8.01. The maximum atomic E-state index is 12.6. The Kier molecular flexibility index (Phi) is 5.52. The molecule has 0 saturated carbocycles. The molecule has 2 amide bonds. The van der Waals surface area contributed by atoms with Crippen LogP contribution < -0.4 is 15.8 Å². The minimum Gasteiger partial charge on any atom is -0.483 e. The third-order valence-electron chi connectivity index (χ3n) is 3.90. The molecule has 0 bridgehead atoms. The van der Waals surface area contributed by atoms with Crippen LogP contribution in [-0.2, 0) is 4.79 Å². The number of thiazole rings is 1. The van der Waals surface area contributed by atoms with Gasteiger partial charge in [-0.25, -0.2) is 4.98 Å². The predicted octanol–water partition coefficient (Wildman–Crippen LogP) is 3.54. The summed E-state index contributed by atoms with van der Waals surface area (Å²) in [6.45, 7) is 3.76. The molecule has 3 N–H and O–H groups in total. The van der Waals surface area contributed by atoms with Crippen LogP contribution in [0.4, 0.5) is 5.13 Å². The van der Waals surface area contributed by atoms with Crippen LogP contribution in [0.3, 0.4) is 0 Å². The van der Waals surface area contributed by atoms with Crippen molar-refractivity contribution in [3.63, 3.8) is 0 Å². The number of amides is 2. The van der Waals surface area contributed by atoms with Gasteiger partial charge in [0.1, 0.15) is 5.75 Å². The van der Waals surface area contributed by atoms with Crippen molar-refractivity contribution in [3.05, 3.63) is 64.5 Å². The van der Waals surface area contributed by atoms with Crippen LogP contribution in [0.1, 0.15) is 21.5 Å². The van der Waals surface area contributed by atoms with Crippen molar-refractivity contribution in [2.75, 3.05) is 11.9 Å². The smallest absolute Gasteiger partial charge is 0.261 e. The highest BCUT2D eigenvalue weighted by Gasteiger charge is 2.15. The molecule has 7 heteroatoms. The third kappa shape index (κ3) is 4.51. The van der Waals surface area contributed by atoms with E-state index >= 15 is 0 Å². The highest BCUT2D eigenvalue weighted by molar-refractivity contribution is 7.14. The quantitative estimate of drug-likeness (QED) is 0.683. The summed E-state index contributed by atoms with van der Waals surface area (Å²) in [7, 11) is 0. The number of carbonyl (C=O) groups excluding carboxylic acids is 2. The van der Waals surface area contributed by atoms with Crippen LogP contribution in [0.15, 0.2) is 47.8 Å². The van der Waals surface area contributed by atoms with Gasteiger partial charge in [0.25, 0.3) is 11.8 Å². The molecule has 0 saturated heterocycles. The van der Waals surface area contributed by atoms with Crippen molar-refractivity contribution in [2.24, 2.45) is 5.73 Å². The second-order valence-electron chi connectivity index (χ2n) is 6.06. The highest BCUT2D eigenvalue weighted by atomic mass is 32.1. The van der Waals surface area contributed by atoms with Gasteiger partial charge in [-0.05, 0) is 37.6 Å². The average Bonchev–Trinajstić information content (AvgIpc) is 3.10. The second-order valence-corrected chi connectivity index (χ2v) is 6.92. The fourth-order valence-corrected chi connectivity index (χ4v) is 3.27. The number of nitrogens with one attached hydrogen (secondary N) is 1. The van der Waals surface area contributed by atoms with Crippen LogP contribution in [0.5, 0.6) is 5.75 Å². The lowest BCUT2D eigenvalue weighted by Crippen LogP contribution is -2.21. The van der Waals surface area contributed by atoms with Crippen molar-refractivity contribution >= 4 is 28.3 Å². The lowest BCUT2D eigenvalue weighted by atomic mass is 10.0. The number of carbonyl (C=O) groups is 2. The van der Waals surface area contributed by atoms with Gasteiger partial charge in [-0.2, -0.15) is 0 Å². The lowest BCUT2D eigenvalue weighted by Gasteiger charge is -2.09. The van der Waals surface area contributed by atoms with E-state index in [2.05, 4.69) is 28.5 Å². The summed E-state index contributed by atoms with van der Waals surface area (Å²) in [5.41, 5.74) is 9.53. The van der Waals surface area contributed by atoms with Crippen LogP contribution in [0, 0.1) is 13.8 Å². The molecule has 2 aromatic carbocycles. The first kappa shape index (κ1) is 18.6. The first-order valence-electron chi connectivity index (χ1n) is 8.28. The number of hydrogen-bond donors (Lipinski definition) is 2. The summed E-state index contributed by atoms with van der Waals surface area (Å²) in [6, 6.07) is 12.8. The molecule has 0 aliphatic heterocycles. The number of benzene rings is 2. The predicted molar refractivity (Wildman–Crippen MR) is 106 cm³/mol. The zero-order valence-electron chi connectivity index (χ0n) is 15.0. The summed E-state index contributed by atoms with van der Waals surface area (Å²) in [6.07, 6.45) is 0. The normalized spacial score (nSPS) is 10.4. The Morgan fingerprint density at radius 2 is 1.96 bits per heavy atom. The molecule has 3 rings (SSSR count). The number of para-hydroxylation sites is 1. The Bertz CT molecular complexity index is 998. The largest absolute Gasteiger partial charge is 0.483 e. The molecule has 0 unspecified atom stereocenters. The molecular formula is C20H19N3O3S. The van der Waals surface area contributed by atoms with Crippen molar-refractivity contribution in [2.45, 2.75) is 13.8 Å². The Hall–Kier alpha value is -3.19. The number of primary amides is 1. The molecule has 1 aromatic heterocycles. The average molecular weight is 381 g/mol. The van der Waals surface area contributed by atoms with E-state index in [1.807, 2.05) is 19.2 Å². The van der Waals surface area contributed by atoms with E-state index in [9.17, 15) is 9.59 Å². The molecule has 27 heavy (non-hydrogen) atoms. The first-order valence-corrected chi connectivity index (χ1v) is 9.16. The van der Waals surface area contributed by atoms with E-state index in [1.54, 1.807) is 24.3 Å². The number of ether oxygens (including phenoxy) is 1. The van der Waals surface area contributed by atoms with Crippen LogP contribution in [0.25, 0.3) is 11.3 Å². The van der Waals surface area contributed by atoms with Crippen LogP contribution in [0.2, 0.25) is 0 Å². The topological polar surface area (TPSA) is 94.3 Å². The number of aromatic nitrogens is 1. The van der Waals surface area contributed by atoms with Crippen LogP contribution >= 0.6 is 11.3 Å². The van der Waals surface area contributed by atoms with Gasteiger partial charge >= 0.3 is 0 Å². The number of nitrogens with two attached hydrogens (primary N) is 1. The molecular weight excluding hydrogens is 362 g/mol. The maximum absolute atomic E-state index is 12.6. The molecule has 0 fully saturated rings. The van der Waals surface area contributed by atoms with E-state index in [0.717, 1.165) is 22.4 Å².